The van der Waals surface area contributed by atoms with Gasteiger partial charge < -0.3 is 14.7 Å². The lowest BCUT2D eigenvalue weighted by atomic mass is 10.3. The van der Waals surface area contributed by atoms with Crippen molar-refractivity contribution in [2.45, 2.75) is 19.6 Å². The Morgan fingerprint density at radius 1 is 1.56 bits per heavy atom. The minimum Gasteiger partial charge on any atom is -0.361 e. The molecule has 0 aliphatic carbocycles. The maximum absolute atomic E-state index is 11.8. The lowest BCUT2D eigenvalue weighted by molar-refractivity contribution is -0.133. The molecule has 0 saturated heterocycles. The molecule has 0 saturated carbocycles. The van der Waals surface area contributed by atoms with E-state index < -0.39 is 18.6 Å². The fourth-order valence-electron chi connectivity index (χ4n) is 1.27. The molecule has 0 aliphatic rings. The summed E-state index contributed by atoms with van der Waals surface area (Å²) in [6.07, 6.45) is -4.32. The van der Waals surface area contributed by atoms with Crippen molar-refractivity contribution in [2.24, 2.45) is 0 Å². The summed E-state index contributed by atoms with van der Waals surface area (Å²) in [5, 5.41) is 5.73. The molecule has 0 atom stereocenters. The Hall–Kier alpha value is -1.57. The smallest absolute Gasteiger partial charge is 0.361 e. The number of aromatic nitrogens is 1. The lowest BCUT2D eigenvalue weighted by Gasteiger charge is -2.16. The molecule has 0 aliphatic heterocycles. The number of hydrogen-bond acceptors (Lipinski definition) is 4. The van der Waals surface area contributed by atoms with Crippen molar-refractivity contribution in [2.75, 3.05) is 20.1 Å². The maximum Gasteiger partial charge on any atom is 0.401 e. The fourth-order valence-corrected chi connectivity index (χ4v) is 1.27. The molecule has 18 heavy (non-hydrogen) atoms. The van der Waals surface area contributed by atoms with Crippen molar-refractivity contribution in [1.29, 1.82) is 0 Å². The highest BCUT2D eigenvalue weighted by Crippen LogP contribution is 2.12. The number of hydrogen-bond donors (Lipinski definition) is 1. The Balaban J connectivity index is 2.33. The molecular formula is C10H14F3N3O2. The predicted octanol–water partition coefficient (Wildman–Crippen LogP) is 1.09. The fraction of sp³-hybridized carbons (Fsp3) is 0.600. The second kappa shape index (κ2) is 5.85. The molecule has 1 N–H and O–H groups in total. The Bertz CT molecular complexity index is 403. The van der Waals surface area contributed by atoms with Gasteiger partial charge in [0.15, 0.2) is 0 Å². The van der Waals surface area contributed by atoms with Gasteiger partial charge in [0, 0.05) is 13.1 Å². The second-order valence-corrected chi connectivity index (χ2v) is 3.90. The summed E-state index contributed by atoms with van der Waals surface area (Å²) in [4.78, 5) is 12.8. The van der Waals surface area contributed by atoms with Gasteiger partial charge in [0.2, 0.25) is 5.91 Å². The zero-order valence-corrected chi connectivity index (χ0v) is 10.0. The van der Waals surface area contributed by atoms with E-state index in [0.717, 1.165) is 0 Å². The summed E-state index contributed by atoms with van der Waals surface area (Å²) in [5.74, 6) is 0.168. The number of nitrogens with one attached hydrogen (secondary N) is 1. The third kappa shape index (κ3) is 5.17. The number of rotatable bonds is 5. The average Bonchev–Trinajstić information content (AvgIpc) is 2.61. The lowest BCUT2D eigenvalue weighted by Crippen LogP contribution is -2.39. The van der Waals surface area contributed by atoms with Crippen LogP contribution in [0, 0.1) is 6.92 Å². The third-order valence-corrected chi connectivity index (χ3v) is 2.10. The highest BCUT2D eigenvalue weighted by atomic mass is 19.4. The molecule has 1 aromatic heterocycles. The summed E-state index contributed by atoms with van der Waals surface area (Å²) >= 11 is 0. The molecule has 1 aromatic rings. The minimum absolute atomic E-state index is 0.198. The maximum atomic E-state index is 11.8. The summed E-state index contributed by atoms with van der Waals surface area (Å²) in [5.41, 5.74) is 0.555. The van der Waals surface area contributed by atoms with Crippen LogP contribution in [-0.4, -0.2) is 42.3 Å². The van der Waals surface area contributed by atoms with Crippen LogP contribution in [0.3, 0.4) is 0 Å². The van der Waals surface area contributed by atoms with Gasteiger partial charge in [0.1, 0.15) is 11.5 Å². The molecular weight excluding hydrogens is 251 g/mol. The first-order chi connectivity index (χ1) is 8.28. The molecule has 102 valence electrons. The van der Waals surface area contributed by atoms with Gasteiger partial charge in [-0.15, -0.1) is 0 Å². The largest absolute Gasteiger partial charge is 0.401 e. The van der Waals surface area contributed by atoms with Gasteiger partial charge in [-0.05, 0) is 6.92 Å². The molecule has 1 heterocycles. The number of nitrogens with zero attached hydrogens (tertiary/aromatic N) is 2. The molecule has 8 heteroatoms. The zero-order chi connectivity index (χ0) is 13.8. The van der Waals surface area contributed by atoms with E-state index in [1.807, 2.05) is 5.32 Å². The summed E-state index contributed by atoms with van der Waals surface area (Å²) in [6, 6.07) is 1.66. The number of aryl methyl sites for hydroxylation is 1. The summed E-state index contributed by atoms with van der Waals surface area (Å²) in [7, 11) is 1.49. The van der Waals surface area contributed by atoms with E-state index in [0.29, 0.717) is 11.5 Å². The van der Waals surface area contributed by atoms with Crippen molar-refractivity contribution >= 4 is 5.91 Å². The molecule has 0 radical (unpaired) electrons. The third-order valence-electron chi connectivity index (χ3n) is 2.10. The van der Waals surface area contributed by atoms with Gasteiger partial charge in [-0.2, -0.15) is 13.2 Å². The topological polar surface area (TPSA) is 58.4 Å². The number of alkyl halides is 3. The van der Waals surface area contributed by atoms with E-state index in [9.17, 15) is 18.0 Å². The van der Waals surface area contributed by atoms with Crippen molar-refractivity contribution in [1.82, 2.24) is 15.4 Å². The molecule has 0 spiro atoms. The van der Waals surface area contributed by atoms with Gasteiger partial charge in [-0.1, -0.05) is 5.16 Å². The van der Waals surface area contributed by atoms with Gasteiger partial charge in [0.25, 0.3) is 0 Å². The van der Waals surface area contributed by atoms with E-state index in [-0.39, 0.29) is 13.1 Å². The van der Waals surface area contributed by atoms with E-state index in [4.69, 9.17) is 4.52 Å². The summed E-state index contributed by atoms with van der Waals surface area (Å²) in [6.45, 7) is 0.357. The Morgan fingerprint density at radius 3 is 2.72 bits per heavy atom. The number of amides is 1. The minimum atomic E-state index is -4.32. The first-order valence-electron chi connectivity index (χ1n) is 5.21. The Kier molecular flexibility index (Phi) is 4.71. The normalized spacial score (nSPS) is 11.6. The number of carbonyl (C=O) groups excluding carboxylic acids is 1. The van der Waals surface area contributed by atoms with Gasteiger partial charge >= 0.3 is 6.18 Å². The van der Waals surface area contributed by atoms with Crippen LogP contribution in [0.15, 0.2) is 10.6 Å². The SMILES string of the molecule is Cc1cc(CN(C)C(=O)CNCC(F)(F)F)no1. The molecule has 5 nitrogen and oxygen atoms in total. The Labute approximate surface area is 102 Å². The van der Waals surface area contributed by atoms with Crippen LogP contribution in [0.25, 0.3) is 0 Å². The van der Waals surface area contributed by atoms with Crippen molar-refractivity contribution < 1.29 is 22.5 Å². The zero-order valence-electron chi connectivity index (χ0n) is 10.0. The summed E-state index contributed by atoms with van der Waals surface area (Å²) < 4.78 is 40.4. The van der Waals surface area contributed by atoms with Crippen LogP contribution >= 0.6 is 0 Å². The quantitative estimate of drug-likeness (QED) is 0.866. The van der Waals surface area contributed by atoms with E-state index in [1.54, 1.807) is 13.0 Å². The first-order valence-corrected chi connectivity index (χ1v) is 5.21. The standard InChI is InChI=1S/C10H14F3N3O2/c1-7-3-8(15-18-7)5-16(2)9(17)4-14-6-10(11,12)13/h3,14H,4-6H2,1-2H3. The molecule has 1 rings (SSSR count). The van der Waals surface area contributed by atoms with Crippen LogP contribution in [0.4, 0.5) is 13.2 Å². The number of carbonyl (C=O) groups is 1. The van der Waals surface area contributed by atoms with E-state index in [2.05, 4.69) is 5.16 Å². The van der Waals surface area contributed by atoms with Crippen LogP contribution in [0.1, 0.15) is 11.5 Å². The van der Waals surface area contributed by atoms with Crippen LogP contribution in [-0.2, 0) is 11.3 Å². The van der Waals surface area contributed by atoms with Crippen LogP contribution in [0.5, 0.6) is 0 Å². The average molecular weight is 265 g/mol. The van der Waals surface area contributed by atoms with Gasteiger partial charge in [-0.25, -0.2) is 0 Å². The van der Waals surface area contributed by atoms with Crippen LogP contribution < -0.4 is 5.32 Å². The first kappa shape index (κ1) is 14.5. The molecule has 0 bridgehead atoms. The van der Waals surface area contributed by atoms with Crippen molar-refractivity contribution in [3.05, 3.63) is 17.5 Å². The molecule has 0 unspecified atom stereocenters. The monoisotopic (exact) mass is 265 g/mol. The number of likely N-dealkylation sites (N-methyl/N-ethyl adjacent to an activating group) is 1. The van der Waals surface area contributed by atoms with Crippen molar-refractivity contribution in [3.8, 4) is 0 Å². The highest BCUT2D eigenvalue weighted by molar-refractivity contribution is 5.77. The van der Waals surface area contributed by atoms with Crippen molar-refractivity contribution in [3.63, 3.8) is 0 Å². The second-order valence-electron chi connectivity index (χ2n) is 3.90. The van der Waals surface area contributed by atoms with E-state index >= 15 is 0 Å². The van der Waals surface area contributed by atoms with Gasteiger partial charge in [0.05, 0.1) is 19.6 Å². The number of halogens is 3. The Morgan fingerprint density at radius 2 is 2.22 bits per heavy atom. The van der Waals surface area contributed by atoms with Crippen LogP contribution in [0.2, 0.25) is 0 Å². The van der Waals surface area contributed by atoms with E-state index in [1.165, 1.54) is 11.9 Å². The highest BCUT2D eigenvalue weighted by Gasteiger charge is 2.26. The molecule has 0 fully saturated rings. The predicted molar refractivity (Wildman–Crippen MR) is 56.6 cm³/mol. The van der Waals surface area contributed by atoms with Gasteiger partial charge in [-0.3, -0.25) is 4.79 Å². The molecule has 1 amide bonds. The molecule has 0 aromatic carbocycles.